The summed E-state index contributed by atoms with van der Waals surface area (Å²) < 4.78 is 35.2. The van der Waals surface area contributed by atoms with E-state index in [4.69, 9.17) is 9.47 Å². The van der Waals surface area contributed by atoms with Crippen LogP contribution in [0, 0.1) is 17.0 Å². The molecule has 0 unspecified atom stereocenters. The second-order valence-electron chi connectivity index (χ2n) is 5.58. The number of aromatic hydroxyl groups is 1. The number of nitrogens with zero attached hydrogens (tertiary/aromatic N) is 2. The Morgan fingerprint density at radius 2 is 2.00 bits per heavy atom. The Morgan fingerprint density at radius 1 is 1.29 bits per heavy atom. The zero-order chi connectivity index (χ0) is 20.9. The van der Waals surface area contributed by atoms with Crippen molar-refractivity contribution in [2.24, 2.45) is 5.10 Å². The summed E-state index contributed by atoms with van der Waals surface area (Å²) in [6.45, 7) is 3.55. The number of nitro groups is 1. The molecule has 0 aromatic heterocycles. The number of nitro benzene ring substituents is 1. The average molecular weight is 409 g/mol. The molecule has 2 N–H and O–H groups in total. The van der Waals surface area contributed by atoms with E-state index in [2.05, 4.69) is 5.10 Å². The first-order valence-corrected chi connectivity index (χ1v) is 9.51. The van der Waals surface area contributed by atoms with E-state index in [-0.39, 0.29) is 28.6 Å². The Labute approximate surface area is 161 Å². The van der Waals surface area contributed by atoms with Gasteiger partial charge in [-0.25, -0.2) is 0 Å². The van der Waals surface area contributed by atoms with E-state index >= 15 is 0 Å². The van der Waals surface area contributed by atoms with Gasteiger partial charge in [-0.1, -0.05) is 6.07 Å². The van der Waals surface area contributed by atoms with Crippen molar-refractivity contribution in [3.63, 3.8) is 0 Å². The first-order chi connectivity index (χ1) is 13.2. The number of hydrazone groups is 1. The third-order valence-electron chi connectivity index (χ3n) is 3.57. The average Bonchev–Trinajstić information content (AvgIpc) is 2.64. The molecule has 150 valence electrons. The topological polar surface area (TPSA) is 140 Å². The molecule has 0 bridgehead atoms. The van der Waals surface area contributed by atoms with E-state index in [0.29, 0.717) is 5.56 Å². The quantitative estimate of drug-likeness (QED) is 0.387. The molecule has 0 fully saturated rings. The normalized spacial score (nSPS) is 11.4. The van der Waals surface area contributed by atoms with Crippen LogP contribution < -0.4 is 14.3 Å². The minimum atomic E-state index is -4.04. The maximum Gasteiger partial charge on any atom is 0.315 e. The third kappa shape index (κ3) is 4.68. The van der Waals surface area contributed by atoms with Crippen LogP contribution in [0.3, 0.4) is 0 Å². The first-order valence-electron chi connectivity index (χ1n) is 8.03. The van der Waals surface area contributed by atoms with Crippen LogP contribution in [-0.2, 0) is 10.0 Å². The molecule has 0 aliphatic heterocycles. The van der Waals surface area contributed by atoms with Gasteiger partial charge in [0.05, 0.1) is 24.9 Å². The number of ether oxygens (including phenoxy) is 2. The molecule has 0 aliphatic carbocycles. The number of phenols is 1. The molecule has 2 aromatic rings. The van der Waals surface area contributed by atoms with Gasteiger partial charge in [0, 0.05) is 11.6 Å². The van der Waals surface area contributed by atoms with Gasteiger partial charge in [-0.15, -0.1) is 0 Å². The monoisotopic (exact) mass is 409 g/mol. The van der Waals surface area contributed by atoms with Crippen molar-refractivity contribution < 1.29 is 27.9 Å². The van der Waals surface area contributed by atoms with Crippen LogP contribution in [0.15, 0.2) is 40.3 Å². The van der Waals surface area contributed by atoms with Crippen molar-refractivity contribution in [1.82, 2.24) is 4.83 Å². The first kappa shape index (κ1) is 21.0. The molecule has 0 aliphatic rings. The van der Waals surface area contributed by atoms with Gasteiger partial charge in [0.15, 0.2) is 5.75 Å². The van der Waals surface area contributed by atoms with Crippen LogP contribution in [0.1, 0.15) is 18.1 Å². The van der Waals surface area contributed by atoms with Crippen molar-refractivity contribution in [2.45, 2.75) is 18.7 Å². The smallest absolute Gasteiger partial charge is 0.315 e. The lowest BCUT2D eigenvalue weighted by molar-refractivity contribution is -0.386. The van der Waals surface area contributed by atoms with Gasteiger partial charge in [-0.2, -0.15) is 18.4 Å². The van der Waals surface area contributed by atoms with E-state index in [1.165, 1.54) is 25.3 Å². The zero-order valence-electron chi connectivity index (χ0n) is 15.4. The minimum absolute atomic E-state index is 0.0983. The maximum absolute atomic E-state index is 12.5. The fraction of sp³-hybridized carbons (Fsp3) is 0.235. The van der Waals surface area contributed by atoms with Crippen molar-refractivity contribution >= 4 is 21.9 Å². The van der Waals surface area contributed by atoms with Gasteiger partial charge in [0.25, 0.3) is 10.0 Å². The van der Waals surface area contributed by atoms with Crippen molar-refractivity contribution in [1.29, 1.82) is 0 Å². The maximum atomic E-state index is 12.5. The standard InChI is InChI=1S/C17H19N3O7S/c1-4-27-15-9-12(8-13(17(15)21)20(22)23)10-18-19-28(24,25)16-7-11(2)5-6-14(16)26-3/h5-10,19,21H,4H2,1-3H3/b18-10+. The lowest BCUT2D eigenvalue weighted by atomic mass is 10.2. The Hall–Kier alpha value is -3.34. The van der Waals surface area contributed by atoms with Crippen LogP contribution in [-0.4, -0.2) is 38.4 Å². The summed E-state index contributed by atoms with van der Waals surface area (Å²) in [7, 11) is -2.69. The number of aryl methyl sites for hydroxylation is 1. The Kier molecular flexibility index (Phi) is 6.41. The van der Waals surface area contributed by atoms with Gasteiger partial charge in [-0.3, -0.25) is 10.1 Å². The Bertz CT molecular complexity index is 1020. The molecule has 0 radical (unpaired) electrons. The zero-order valence-corrected chi connectivity index (χ0v) is 16.2. The highest BCUT2D eigenvalue weighted by molar-refractivity contribution is 7.89. The largest absolute Gasteiger partial charge is 0.500 e. The molecule has 0 atom stereocenters. The molecule has 0 heterocycles. The molecular formula is C17H19N3O7S. The number of methoxy groups -OCH3 is 1. The summed E-state index contributed by atoms with van der Waals surface area (Å²) in [5, 5.41) is 24.6. The number of sulfonamides is 1. The van der Waals surface area contributed by atoms with Gasteiger partial charge in [-0.05, 0) is 37.6 Å². The fourth-order valence-electron chi connectivity index (χ4n) is 2.31. The van der Waals surface area contributed by atoms with E-state index in [1.54, 1.807) is 19.9 Å². The van der Waals surface area contributed by atoms with Crippen LogP contribution >= 0.6 is 0 Å². The fourth-order valence-corrected chi connectivity index (χ4v) is 3.35. The predicted molar refractivity (Wildman–Crippen MR) is 102 cm³/mol. The summed E-state index contributed by atoms with van der Waals surface area (Å²) in [5.41, 5.74) is 0.281. The summed E-state index contributed by atoms with van der Waals surface area (Å²) in [4.78, 5) is 12.2. The molecule has 28 heavy (non-hydrogen) atoms. The minimum Gasteiger partial charge on any atom is -0.500 e. The van der Waals surface area contributed by atoms with Crippen LogP contribution in [0.2, 0.25) is 0 Å². The number of nitrogens with one attached hydrogen (secondary N) is 1. The molecule has 0 saturated carbocycles. The molecular weight excluding hydrogens is 390 g/mol. The van der Waals surface area contributed by atoms with E-state index in [1.807, 2.05) is 4.83 Å². The number of phenolic OH excluding ortho intramolecular Hbond substituents is 1. The van der Waals surface area contributed by atoms with E-state index in [0.717, 1.165) is 12.3 Å². The van der Waals surface area contributed by atoms with Crippen molar-refractivity contribution in [2.75, 3.05) is 13.7 Å². The SMILES string of the molecule is CCOc1cc(/C=N/NS(=O)(=O)c2cc(C)ccc2OC)cc([N+](=O)[O-])c1O. The molecule has 10 nitrogen and oxygen atoms in total. The number of hydrogen-bond acceptors (Lipinski definition) is 8. The highest BCUT2D eigenvalue weighted by Gasteiger charge is 2.21. The second kappa shape index (κ2) is 8.57. The van der Waals surface area contributed by atoms with Crippen molar-refractivity contribution in [3.05, 3.63) is 51.6 Å². The summed E-state index contributed by atoms with van der Waals surface area (Å²) >= 11 is 0. The van der Waals surface area contributed by atoms with Gasteiger partial charge in [0.1, 0.15) is 10.6 Å². The predicted octanol–water partition coefficient (Wildman–Crippen LogP) is 2.33. The van der Waals surface area contributed by atoms with Gasteiger partial charge < -0.3 is 14.6 Å². The second-order valence-corrected chi connectivity index (χ2v) is 7.21. The molecule has 2 aromatic carbocycles. The Balaban J connectivity index is 2.34. The van der Waals surface area contributed by atoms with Gasteiger partial charge >= 0.3 is 5.69 Å². The molecule has 0 spiro atoms. The molecule has 2 rings (SSSR count). The summed E-state index contributed by atoms with van der Waals surface area (Å²) in [6.07, 6.45) is 1.06. The van der Waals surface area contributed by atoms with Crippen LogP contribution in [0.5, 0.6) is 17.2 Å². The van der Waals surface area contributed by atoms with Crippen LogP contribution in [0.4, 0.5) is 5.69 Å². The van der Waals surface area contributed by atoms with Crippen molar-refractivity contribution in [3.8, 4) is 17.2 Å². The molecule has 0 saturated heterocycles. The number of rotatable bonds is 8. The van der Waals surface area contributed by atoms with E-state index < -0.39 is 26.4 Å². The summed E-state index contributed by atoms with van der Waals surface area (Å²) in [5.74, 6) is -0.581. The van der Waals surface area contributed by atoms with Gasteiger partial charge in [0.2, 0.25) is 5.75 Å². The van der Waals surface area contributed by atoms with E-state index in [9.17, 15) is 23.6 Å². The third-order valence-corrected chi connectivity index (χ3v) is 4.81. The number of hydrogen-bond donors (Lipinski definition) is 2. The summed E-state index contributed by atoms with van der Waals surface area (Å²) in [6, 6.07) is 6.99. The highest BCUT2D eigenvalue weighted by Crippen LogP contribution is 2.36. The molecule has 0 amide bonds. The highest BCUT2D eigenvalue weighted by atomic mass is 32.2. The lowest BCUT2D eigenvalue weighted by Gasteiger charge is -2.10. The Morgan fingerprint density at radius 3 is 2.61 bits per heavy atom. The number of benzene rings is 2. The van der Waals surface area contributed by atoms with Crippen LogP contribution in [0.25, 0.3) is 0 Å². The molecule has 11 heteroatoms. The lowest BCUT2D eigenvalue weighted by Crippen LogP contribution is -2.19.